The van der Waals surface area contributed by atoms with Gasteiger partial charge in [-0.3, -0.25) is 19.6 Å². The number of nitrogens with one attached hydrogen (secondary N) is 1. The molecule has 7 nitrogen and oxygen atoms in total. The summed E-state index contributed by atoms with van der Waals surface area (Å²) in [6, 6.07) is 4.66. The Labute approximate surface area is 115 Å². The maximum Gasteiger partial charge on any atom is 0.293 e. The van der Waals surface area contributed by atoms with Crippen LogP contribution in [0.5, 0.6) is 0 Å². The molecule has 0 bridgehead atoms. The summed E-state index contributed by atoms with van der Waals surface area (Å²) in [7, 11) is 0. The van der Waals surface area contributed by atoms with E-state index in [1.807, 2.05) is 6.92 Å². The molecule has 20 heavy (non-hydrogen) atoms. The van der Waals surface area contributed by atoms with Crippen LogP contribution >= 0.6 is 0 Å². The first-order chi connectivity index (χ1) is 9.45. The van der Waals surface area contributed by atoms with Crippen LogP contribution in [0.1, 0.15) is 11.1 Å². The molecule has 0 saturated carbocycles. The molecule has 0 aliphatic carbocycles. The van der Waals surface area contributed by atoms with Crippen LogP contribution in [0.15, 0.2) is 30.6 Å². The van der Waals surface area contributed by atoms with E-state index in [1.165, 1.54) is 16.8 Å². The fraction of sp³-hybridized carbons (Fsp3) is 0.231. The molecule has 104 valence electrons. The molecule has 0 aliphatic rings. The highest BCUT2D eigenvalue weighted by Crippen LogP contribution is 2.25. The molecule has 0 atom stereocenters. The highest BCUT2D eigenvalue weighted by molar-refractivity contribution is 5.92. The number of hydrogen-bond donors (Lipinski definition) is 1. The Hall–Kier alpha value is -2.70. The molecular formula is C13H14N4O3. The zero-order valence-corrected chi connectivity index (χ0v) is 11.2. The molecule has 1 aromatic heterocycles. The van der Waals surface area contributed by atoms with E-state index in [1.54, 1.807) is 25.4 Å². The van der Waals surface area contributed by atoms with Crippen LogP contribution in [0.3, 0.4) is 0 Å². The monoisotopic (exact) mass is 274 g/mol. The lowest BCUT2D eigenvalue weighted by molar-refractivity contribution is -0.384. The summed E-state index contributed by atoms with van der Waals surface area (Å²) in [5, 5.41) is 17.5. The third-order valence-electron chi connectivity index (χ3n) is 2.69. The number of carbonyl (C=O) groups is 1. The summed E-state index contributed by atoms with van der Waals surface area (Å²) in [5.41, 5.74) is 1.78. The number of amides is 1. The van der Waals surface area contributed by atoms with Gasteiger partial charge in [-0.1, -0.05) is 6.07 Å². The number of aryl methyl sites for hydroxylation is 2. The molecule has 0 unspecified atom stereocenters. The van der Waals surface area contributed by atoms with E-state index >= 15 is 0 Å². The number of nitro groups is 1. The molecule has 0 aliphatic heterocycles. The topological polar surface area (TPSA) is 90.1 Å². The minimum Gasteiger partial charge on any atom is -0.319 e. The van der Waals surface area contributed by atoms with Crippen molar-refractivity contribution in [2.24, 2.45) is 0 Å². The first-order valence-corrected chi connectivity index (χ1v) is 5.99. The first-order valence-electron chi connectivity index (χ1n) is 5.99. The van der Waals surface area contributed by atoms with Crippen molar-refractivity contribution in [3.8, 4) is 0 Å². The minimum absolute atomic E-state index is 0.0128. The van der Waals surface area contributed by atoms with Gasteiger partial charge in [-0.05, 0) is 31.0 Å². The third-order valence-corrected chi connectivity index (χ3v) is 2.69. The summed E-state index contributed by atoms with van der Waals surface area (Å²) in [6.45, 7) is 3.64. The minimum atomic E-state index is -0.513. The van der Waals surface area contributed by atoms with Crippen molar-refractivity contribution >= 4 is 17.3 Å². The van der Waals surface area contributed by atoms with E-state index in [-0.39, 0.29) is 23.8 Å². The van der Waals surface area contributed by atoms with Gasteiger partial charge in [-0.2, -0.15) is 5.10 Å². The summed E-state index contributed by atoms with van der Waals surface area (Å²) in [4.78, 5) is 22.3. The van der Waals surface area contributed by atoms with Crippen LogP contribution in [-0.2, 0) is 11.3 Å². The molecule has 0 spiro atoms. The van der Waals surface area contributed by atoms with Crippen molar-refractivity contribution in [2.45, 2.75) is 20.4 Å². The quantitative estimate of drug-likeness (QED) is 0.682. The Morgan fingerprint density at radius 2 is 2.15 bits per heavy atom. The first kappa shape index (κ1) is 13.7. The number of carbonyl (C=O) groups excluding carboxylic acids is 1. The lowest BCUT2D eigenvalue weighted by Gasteiger charge is -2.06. The third kappa shape index (κ3) is 3.19. The van der Waals surface area contributed by atoms with Crippen molar-refractivity contribution in [1.29, 1.82) is 0 Å². The smallest absolute Gasteiger partial charge is 0.293 e. The molecule has 0 fully saturated rings. The zero-order chi connectivity index (χ0) is 14.7. The van der Waals surface area contributed by atoms with E-state index in [0.29, 0.717) is 0 Å². The second-order valence-corrected chi connectivity index (χ2v) is 4.54. The number of hydrogen-bond acceptors (Lipinski definition) is 4. The van der Waals surface area contributed by atoms with Crippen molar-refractivity contribution in [1.82, 2.24) is 9.78 Å². The Balaban J connectivity index is 2.13. The van der Waals surface area contributed by atoms with Crippen molar-refractivity contribution in [3.63, 3.8) is 0 Å². The van der Waals surface area contributed by atoms with Crippen LogP contribution < -0.4 is 5.32 Å². The Morgan fingerprint density at radius 1 is 1.40 bits per heavy atom. The number of rotatable bonds is 4. The maximum atomic E-state index is 11.9. The van der Waals surface area contributed by atoms with Gasteiger partial charge in [0.25, 0.3) is 5.69 Å². The van der Waals surface area contributed by atoms with E-state index in [4.69, 9.17) is 0 Å². The van der Waals surface area contributed by atoms with E-state index < -0.39 is 4.92 Å². The number of nitrogens with zero attached hydrogens (tertiary/aromatic N) is 3. The molecule has 1 heterocycles. The Kier molecular flexibility index (Phi) is 3.79. The van der Waals surface area contributed by atoms with Gasteiger partial charge in [0, 0.05) is 12.3 Å². The van der Waals surface area contributed by atoms with E-state index in [2.05, 4.69) is 10.4 Å². The second-order valence-electron chi connectivity index (χ2n) is 4.54. The van der Waals surface area contributed by atoms with Gasteiger partial charge < -0.3 is 5.32 Å². The predicted octanol–water partition coefficient (Wildman–Crippen LogP) is 2.05. The zero-order valence-electron chi connectivity index (χ0n) is 11.2. The summed E-state index contributed by atoms with van der Waals surface area (Å²) < 4.78 is 1.48. The SMILES string of the molecule is Cc1ccc(NC(=O)Cn2cc(C)cn2)c([N+](=O)[O-])c1. The van der Waals surface area contributed by atoms with Gasteiger partial charge in [-0.25, -0.2) is 0 Å². The second kappa shape index (κ2) is 5.52. The van der Waals surface area contributed by atoms with Crippen molar-refractivity contribution in [3.05, 3.63) is 51.8 Å². The van der Waals surface area contributed by atoms with Gasteiger partial charge in [0.1, 0.15) is 12.2 Å². The van der Waals surface area contributed by atoms with Crippen molar-refractivity contribution in [2.75, 3.05) is 5.32 Å². The number of aromatic nitrogens is 2. The highest BCUT2D eigenvalue weighted by Gasteiger charge is 2.16. The lowest BCUT2D eigenvalue weighted by atomic mass is 10.2. The molecule has 0 radical (unpaired) electrons. The fourth-order valence-corrected chi connectivity index (χ4v) is 1.79. The van der Waals surface area contributed by atoms with E-state index in [0.717, 1.165) is 11.1 Å². The molecule has 2 aromatic rings. The Bertz CT molecular complexity index is 663. The van der Waals surface area contributed by atoms with Crippen LogP contribution in [0.2, 0.25) is 0 Å². The molecule has 0 saturated heterocycles. The molecule has 1 aromatic carbocycles. The highest BCUT2D eigenvalue weighted by atomic mass is 16.6. The average Bonchev–Trinajstić information content (AvgIpc) is 2.76. The number of anilines is 1. The average molecular weight is 274 g/mol. The number of nitro benzene ring substituents is 1. The van der Waals surface area contributed by atoms with E-state index in [9.17, 15) is 14.9 Å². The molecule has 7 heteroatoms. The summed E-state index contributed by atoms with van der Waals surface area (Å²) in [6.07, 6.45) is 3.37. The molecular weight excluding hydrogens is 260 g/mol. The predicted molar refractivity (Wildman–Crippen MR) is 73.4 cm³/mol. The Morgan fingerprint density at radius 3 is 2.75 bits per heavy atom. The van der Waals surface area contributed by atoms with Gasteiger partial charge in [-0.15, -0.1) is 0 Å². The molecule has 1 amide bonds. The summed E-state index contributed by atoms with van der Waals surface area (Å²) in [5.74, 6) is -0.361. The standard InChI is InChI=1S/C13H14N4O3/c1-9-3-4-11(12(5-9)17(19)20)15-13(18)8-16-7-10(2)6-14-16/h3-7H,8H2,1-2H3,(H,15,18). The normalized spacial score (nSPS) is 10.3. The largest absolute Gasteiger partial charge is 0.319 e. The van der Waals surface area contributed by atoms with Crippen molar-refractivity contribution < 1.29 is 9.72 Å². The molecule has 2 rings (SSSR count). The molecule has 1 N–H and O–H groups in total. The summed E-state index contributed by atoms with van der Waals surface area (Å²) >= 11 is 0. The van der Waals surface area contributed by atoms with Crippen LogP contribution in [0.4, 0.5) is 11.4 Å². The maximum absolute atomic E-state index is 11.9. The number of benzene rings is 1. The van der Waals surface area contributed by atoms with Gasteiger partial charge in [0.05, 0.1) is 11.1 Å². The van der Waals surface area contributed by atoms with Gasteiger partial charge in [0.15, 0.2) is 0 Å². The van der Waals surface area contributed by atoms with Gasteiger partial charge >= 0.3 is 0 Å². The lowest BCUT2D eigenvalue weighted by Crippen LogP contribution is -2.19. The van der Waals surface area contributed by atoms with Crippen LogP contribution in [0, 0.1) is 24.0 Å². The van der Waals surface area contributed by atoms with Crippen LogP contribution in [-0.4, -0.2) is 20.6 Å². The van der Waals surface area contributed by atoms with Gasteiger partial charge in [0.2, 0.25) is 5.91 Å². The fourth-order valence-electron chi connectivity index (χ4n) is 1.79. The van der Waals surface area contributed by atoms with Crippen LogP contribution in [0.25, 0.3) is 0 Å².